The smallest absolute Gasteiger partial charge is 0.123 e. The third-order valence-electron chi connectivity index (χ3n) is 2.81. The Hall–Kier alpha value is -0.630. The molecule has 2 heteroatoms. The van der Waals surface area contributed by atoms with E-state index in [0.717, 1.165) is 23.6 Å². The summed E-state index contributed by atoms with van der Waals surface area (Å²) in [6.07, 6.45) is 3.29. The van der Waals surface area contributed by atoms with Crippen molar-refractivity contribution in [3.63, 3.8) is 0 Å². The van der Waals surface area contributed by atoms with Gasteiger partial charge in [0.25, 0.3) is 0 Å². The van der Waals surface area contributed by atoms with Crippen LogP contribution in [0.25, 0.3) is 0 Å². The van der Waals surface area contributed by atoms with Gasteiger partial charge in [-0.05, 0) is 30.4 Å². The quantitative estimate of drug-likeness (QED) is 0.724. The average molecular weight is 239 g/mol. The van der Waals surface area contributed by atoms with Crippen molar-refractivity contribution in [2.75, 3.05) is 0 Å². The summed E-state index contributed by atoms with van der Waals surface area (Å²) in [5.41, 5.74) is 1.28. The van der Waals surface area contributed by atoms with Crippen molar-refractivity contribution in [2.45, 2.75) is 18.8 Å². The zero-order valence-corrected chi connectivity index (χ0v) is 8.83. The second kappa shape index (κ2) is 3.62. The van der Waals surface area contributed by atoms with E-state index in [4.69, 9.17) is 0 Å². The van der Waals surface area contributed by atoms with E-state index < -0.39 is 0 Å². The Balaban J connectivity index is 2.25. The lowest BCUT2D eigenvalue weighted by Crippen LogP contribution is -2.25. The molecular formula is C11H11BrO. The fraction of sp³-hybridized carbons (Fsp3) is 0.364. The lowest BCUT2D eigenvalue weighted by molar-refractivity contribution is -0.113. The maximum Gasteiger partial charge on any atom is 0.123 e. The first-order chi connectivity index (χ1) is 6.33. The van der Waals surface area contributed by atoms with Crippen molar-refractivity contribution in [1.82, 2.24) is 0 Å². The molecule has 13 heavy (non-hydrogen) atoms. The Morgan fingerprint density at radius 1 is 1.31 bits per heavy atom. The summed E-state index contributed by atoms with van der Waals surface area (Å²) < 4.78 is 1.13. The minimum Gasteiger partial charge on any atom is -0.303 e. The van der Waals surface area contributed by atoms with Crippen molar-refractivity contribution in [1.29, 1.82) is 0 Å². The average Bonchev–Trinajstić information content (AvgIpc) is 2.08. The fourth-order valence-corrected chi connectivity index (χ4v) is 2.43. The van der Waals surface area contributed by atoms with Crippen LogP contribution in [0.3, 0.4) is 0 Å². The Morgan fingerprint density at radius 3 is 2.62 bits per heavy atom. The molecule has 1 aromatic carbocycles. The van der Waals surface area contributed by atoms with E-state index in [1.165, 1.54) is 5.56 Å². The van der Waals surface area contributed by atoms with Crippen LogP contribution in [0.4, 0.5) is 0 Å². The van der Waals surface area contributed by atoms with E-state index in [1.54, 1.807) is 0 Å². The van der Waals surface area contributed by atoms with Gasteiger partial charge in [-0.15, -0.1) is 0 Å². The summed E-state index contributed by atoms with van der Waals surface area (Å²) in [4.78, 5) is 10.7. The summed E-state index contributed by atoms with van der Waals surface area (Å²) in [5, 5.41) is 0. The largest absolute Gasteiger partial charge is 0.303 e. The molecule has 0 bridgehead atoms. The molecule has 0 heterocycles. The monoisotopic (exact) mass is 238 g/mol. The van der Waals surface area contributed by atoms with Crippen LogP contribution in [0.5, 0.6) is 0 Å². The second-order valence-electron chi connectivity index (χ2n) is 3.51. The molecule has 0 amide bonds. The van der Waals surface area contributed by atoms with Crippen LogP contribution in [-0.2, 0) is 4.79 Å². The highest BCUT2D eigenvalue weighted by molar-refractivity contribution is 9.10. The number of benzene rings is 1. The summed E-state index contributed by atoms with van der Waals surface area (Å²) in [6.45, 7) is 0. The number of carbonyl (C=O) groups excluding carboxylic acids is 1. The molecule has 0 N–H and O–H groups in total. The van der Waals surface area contributed by atoms with Gasteiger partial charge >= 0.3 is 0 Å². The molecule has 1 aliphatic carbocycles. The summed E-state index contributed by atoms with van der Waals surface area (Å²) in [5.74, 6) is 0.701. The van der Waals surface area contributed by atoms with Gasteiger partial charge in [0, 0.05) is 10.4 Å². The number of rotatable bonds is 2. The third-order valence-corrected chi connectivity index (χ3v) is 3.53. The van der Waals surface area contributed by atoms with Gasteiger partial charge in [-0.3, -0.25) is 0 Å². The van der Waals surface area contributed by atoms with E-state index in [2.05, 4.69) is 22.0 Å². The minimum atomic E-state index is 0.249. The Kier molecular flexibility index (Phi) is 2.49. The predicted octanol–water partition coefficient (Wildman–Crippen LogP) is 3.14. The lowest BCUT2D eigenvalue weighted by atomic mass is 9.71. The first-order valence-corrected chi connectivity index (χ1v) is 5.32. The molecule has 0 aromatic heterocycles. The predicted molar refractivity (Wildman–Crippen MR) is 55.7 cm³/mol. The molecular weight excluding hydrogens is 228 g/mol. The number of aldehydes is 1. The van der Waals surface area contributed by atoms with Gasteiger partial charge < -0.3 is 4.79 Å². The molecule has 2 atom stereocenters. The normalized spacial score (nSPS) is 26.5. The van der Waals surface area contributed by atoms with Crippen LogP contribution >= 0.6 is 15.9 Å². The van der Waals surface area contributed by atoms with Crippen molar-refractivity contribution >= 4 is 22.2 Å². The molecule has 2 rings (SSSR count). The standard InChI is InChI=1S/C11H11BrO/c12-11-4-2-1-3-10(11)9-6-5-8(9)7-13/h1-4,7-9H,5-6H2. The zero-order chi connectivity index (χ0) is 9.26. The van der Waals surface area contributed by atoms with Gasteiger partial charge in [-0.1, -0.05) is 34.1 Å². The highest BCUT2D eigenvalue weighted by Crippen LogP contribution is 2.43. The molecule has 0 spiro atoms. The zero-order valence-electron chi connectivity index (χ0n) is 7.24. The minimum absolute atomic E-state index is 0.249. The van der Waals surface area contributed by atoms with Gasteiger partial charge in [0.2, 0.25) is 0 Å². The second-order valence-corrected chi connectivity index (χ2v) is 4.36. The van der Waals surface area contributed by atoms with Gasteiger partial charge in [0.15, 0.2) is 0 Å². The van der Waals surface area contributed by atoms with Crippen LogP contribution < -0.4 is 0 Å². The van der Waals surface area contributed by atoms with E-state index in [1.807, 2.05) is 18.2 Å². The van der Waals surface area contributed by atoms with Crippen molar-refractivity contribution in [2.24, 2.45) is 5.92 Å². The van der Waals surface area contributed by atoms with Crippen molar-refractivity contribution < 1.29 is 4.79 Å². The highest BCUT2D eigenvalue weighted by atomic mass is 79.9. The van der Waals surface area contributed by atoms with Gasteiger partial charge in [-0.25, -0.2) is 0 Å². The molecule has 0 saturated heterocycles. The molecule has 2 unspecified atom stereocenters. The molecule has 1 saturated carbocycles. The van der Waals surface area contributed by atoms with Crippen molar-refractivity contribution in [3.8, 4) is 0 Å². The summed E-state index contributed by atoms with van der Waals surface area (Å²) in [7, 11) is 0. The number of halogens is 1. The fourth-order valence-electron chi connectivity index (χ4n) is 1.85. The maximum absolute atomic E-state index is 10.7. The van der Waals surface area contributed by atoms with Crippen LogP contribution in [0.2, 0.25) is 0 Å². The molecule has 1 fully saturated rings. The molecule has 1 aliphatic rings. The van der Waals surface area contributed by atoms with E-state index in [-0.39, 0.29) is 5.92 Å². The molecule has 1 aromatic rings. The first-order valence-electron chi connectivity index (χ1n) is 4.52. The summed E-state index contributed by atoms with van der Waals surface area (Å²) in [6, 6.07) is 8.17. The highest BCUT2D eigenvalue weighted by Gasteiger charge is 2.32. The Bertz CT molecular complexity index is 322. The first kappa shape index (κ1) is 8.95. The van der Waals surface area contributed by atoms with Gasteiger partial charge in [0.05, 0.1) is 0 Å². The maximum atomic E-state index is 10.7. The summed E-state index contributed by atoms with van der Waals surface area (Å²) >= 11 is 3.51. The SMILES string of the molecule is O=CC1CCC1c1ccccc1Br. The molecule has 1 nitrogen and oxygen atoms in total. The molecule has 68 valence electrons. The Labute approximate surface area is 86.3 Å². The Morgan fingerprint density at radius 2 is 2.08 bits per heavy atom. The number of hydrogen-bond donors (Lipinski definition) is 0. The van der Waals surface area contributed by atoms with E-state index >= 15 is 0 Å². The van der Waals surface area contributed by atoms with Gasteiger partial charge in [-0.2, -0.15) is 0 Å². The van der Waals surface area contributed by atoms with Crippen molar-refractivity contribution in [3.05, 3.63) is 34.3 Å². The third kappa shape index (κ3) is 1.55. The van der Waals surface area contributed by atoms with E-state index in [0.29, 0.717) is 5.92 Å². The van der Waals surface area contributed by atoms with E-state index in [9.17, 15) is 4.79 Å². The molecule has 0 radical (unpaired) electrons. The number of carbonyl (C=O) groups is 1. The van der Waals surface area contributed by atoms with Crippen LogP contribution in [-0.4, -0.2) is 6.29 Å². The van der Waals surface area contributed by atoms with Crippen LogP contribution in [0.15, 0.2) is 28.7 Å². The van der Waals surface area contributed by atoms with Crippen LogP contribution in [0, 0.1) is 5.92 Å². The topological polar surface area (TPSA) is 17.1 Å². The molecule has 0 aliphatic heterocycles. The number of hydrogen-bond acceptors (Lipinski definition) is 1. The lowest BCUT2D eigenvalue weighted by Gasteiger charge is -2.33. The van der Waals surface area contributed by atoms with Crippen LogP contribution in [0.1, 0.15) is 24.3 Å². The van der Waals surface area contributed by atoms with Gasteiger partial charge in [0.1, 0.15) is 6.29 Å².